The number of hydrogen-bond acceptors (Lipinski definition) is 6. The Labute approximate surface area is 130 Å². The van der Waals surface area contributed by atoms with Crippen molar-refractivity contribution < 1.29 is 29.0 Å². The number of carboxylic acid groups (broad SMARTS) is 1. The molecule has 3 atom stereocenters. The van der Waals surface area contributed by atoms with Crippen LogP contribution in [0.3, 0.4) is 0 Å². The van der Waals surface area contributed by atoms with Gasteiger partial charge in [0.2, 0.25) is 5.91 Å². The van der Waals surface area contributed by atoms with Crippen LogP contribution in [0.4, 0.5) is 9.59 Å². The lowest BCUT2D eigenvalue weighted by Crippen LogP contribution is -2.72. The molecule has 0 spiro atoms. The van der Waals surface area contributed by atoms with E-state index in [2.05, 4.69) is 5.32 Å². The van der Waals surface area contributed by atoms with E-state index in [-0.39, 0.29) is 36.2 Å². The molecule has 0 aliphatic carbocycles. The Hall–Kier alpha value is -2.62. The van der Waals surface area contributed by atoms with E-state index in [1.54, 1.807) is 0 Å². The van der Waals surface area contributed by atoms with Crippen LogP contribution in [0.15, 0.2) is 11.3 Å². The fourth-order valence-electron chi connectivity index (χ4n) is 3.41. The van der Waals surface area contributed by atoms with E-state index in [1.165, 1.54) is 4.90 Å². The third-order valence-electron chi connectivity index (χ3n) is 4.53. The summed E-state index contributed by atoms with van der Waals surface area (Å²) in [6, 6.07) is -1.61. The van der Waals surface area contributed by atoms with Gasteiger partial charge in [-0.15, -0.1) is 0 Å². The molecule has 4 amide bonds. The van der Waals surface area contributed by atoms with Crippen LogP contribution in [-0.4, -0.2) is 71.2 Å². The summed E-state index contributed by atoms with van der Waals surface area (Å²) in [4.78, 5) is 48.0. The van der Waals surface area contributed by atoms with E-state index in [1.807, 2.05) is 0 Å². The highest BCUT2D eigenvalue weighted by Gasteiger charge is 2.61. The van der Waals surface area contributed by atoms with Crippen LogP contribution in [0.2, 0.25) is 0 Å². The van der Waals surface area contributed by atoms with E-state index in [0.29, 0.717) is 23.4 Å². The number of nitrogens with one attached hydrogen (secondary N) is 1. The number of ether oxygens (including phenoxy) is 1. The molecule has 2 fully saturated rings. The minimum absolute atomic E-state index is 0.125. The van der Waals surface area contributed by atoms with Crippen LogP contribution >= 0.6 is 0 Å². The molecule has 3 aliphatic heterocycles. The SMILES string of the molecule is CN(C(N)=O)C(=O)OCC1=C(C(=O)O)N2C(=O)[C@H]3NCCC1[C@H]32. The summed E-state index contributed by atoms with van der Waals surface area (Å²) in [7, 11) is 1.16. The zero-order valence-corrected chi connectivity index (χ0v) is 12.3. The van der Waals surface area contributed by atoms with Gasteiger partial charge in [-0.05, 0) is 13.0 Å². The number of carbonyl (C=O) groups is 4. The fraction of sp³-hybridized carbons (Fsp3) is 0.538. The summed E-state index contributed by atoms with van der Waals surface area (Å²) in [5.41, 5.74) is 5.24. The number of hydrogen-bond donors (Lipinski definition) is 3. The number of rotatable bonds is 3. The van der Waals surface area contributed by atoms with Gasteiger partial charge in [-0.2, -0.15) is 0 Å². The van der Waals surface area contributed by atoms with Gasteiger partial charge in [0.15, 0.2) is 0 Å². The number of nitrogens with zero attached hydrogens (tertiary/aromatic N) is 2. The van der Waals surface area contributed by atoms with Crippen molar-refractivity contribution >= 4 is 24.0 Å². The average Bonchev–Trinajstić information content (AvgIpc) is 2.84. The number of β-lactam (4-membered cyclic amide) rings is 1. The Kier molecular flexibility index (Phi) is 3.48. The molecule has 0 saturated carbocycles. The molecule has 0 aromatic carbocycles. The molecule has 0 bridgehead atoms. The quantitative estimate of drug-likeness (QED) is 0.546. The molecule has 23 heavy (non-hydrogen) atoms. The third-order valence-corrected chi connectivity index (χ3v) is 4.53. The second-order valence-electron chi connectivity index (χ2n) is 5.66. The number of urea groups is 1. The van der Waals surface area contributed by atoms with Crippen molar-refractivity contribution in [2.45, 2.75) is 18.5 Å². The van der Waals surface area contributed by atoms with E-state index < -0.39 is 18.1 Å². The minimum atomic E-state index is -1.24. The Morgan fingerprint density at radius 2 is 2.17 bits per heavy atom. The van der Waals surface area contributed by atoms with Gasteiger partial charge in [0.05, 0.1) is 6.04 Å². The average molecular weight is 324 g/mol. The van der Waals surface area contributed by atoms with E-state index >= 15 is 0 Å². The van der Waals surface area contributed by atoms with Gasteiger partial charge in [0.25, 0.3) is 0 Å². The number of aliphatic carboxylic acids is 1. The molecule has 124 valence electrons. The molecule has 3 rings (SSSR count). The maximum atomic E-state index is 12.0. The summed E-state index contributed by atoms with van der Waals surface area (Å²) in [6.07, 6.45) is -0.332. The molecule has 1 unspecified atom stereocenters. The van der Waals surface area contributed by atoms with E-state index in [4.69, 9.17) is 10.5 Å². The standard InChI is InChI=1S/C13H16N4O6/c1-16(12(14)21)13(22)23-4-6-5-2-3-15-7-8(5)17(10(7)18)9(6)11(19)20/h5,7-8,15H,2-4H2,1H3,(H2,14,21)(H,19,20)/t5?,7-,8+/m0/s1. The largest absolute Gasteiger partial charge is 0.477 e. The van der Waals surface area contributed by atoms with Crippen LogP contribution in [-0.2, 0) is 14.3 Å². The predicted octanol–water partition coefficient (Wildman–Crippen LogP) is -1.33. The molecule has 4 N–H and O–H groups in total. The maximum Gasteiger partial charge on any atom is 0.418 e. The fourth-order valence-corrected chi connectivity index (χ4v) is 3.41. The molecular weight excluding hydrogens is 308 g/mol. The van der Waals surface area contributed by atoms with Crippen molar-refractivity contribution in [3.05, 3.63) is 11.3 Å². The minimum Gasteiger partial charge on any atom is -0.477 e. The van der Waals surface area contributed by atoms with Gasteiger partial charge in [-0.1, -0.05) is 0 Å². The molecule has 10 nitrogen and oxygen atoms in total. The first-order valence-electron chi connectivity index (χ1n) is 7.07. The van der Waals surface area contributed by atoms with Crippen molar-refractivity contribution in [2.75, 3.05) is 20.2 Å². The van der Waals surface area contributed by atoms with E-state index in [0.717, 1.165) is 7.05 Å². The van der Waals surface area contributed by atoms with Crippen LogP contribution in [0.5, 0.6) is 0 Å². The van der Waals surface area contributed by atoms with Crippen molar-refractivity contribution in [2.24, 2.45) is 11.7 Å². The number of carbonyl (C=O) groups excluding carboxylic acids is 3. The highest BCUT2D eigenvalue weighted by atomic mass is 16.6. The molecule has 3 heterocycles. The Morgan fingerprint density at radius 3 is 2.78 bits per heavy atom. The van der Waals surface area contributed by atoms with Crippen molar-refractivity contribution in [1.29, 1.82) is 0 Å². The summed E-state index contributed by atoms with van der Waals surface area (Å²) < 4.78 is 4.99. The van der Waals surface area contributed by atoms with Crippen LogP contribution < -0.4 is 11.1 Å². The topological polar surface area (TPSA) is 142 Å². The zero-order chi connectivity index (χ0) is 16.9. The van der Waals surface area contributed by atoms with Gasteiger partial charge < -0.3 is 20.9 Å². The monoisotopic (exact) mass is 324 g/mol. The number of imide groups is 1. The van der Waals surface area contributed by atoms with Gasteiger partial charge in [0.1, 0.15) is 18.3 Å². The molecule has 0 radical (unpaired) electrons. The van der Waals surface area contributed by atoms with Crippen molar-refractivity contribution in [1.82, 2.24) is 15.1 Å². The number of carboxylic acids is 1. The molecule has 10 heteroatoms. The zero-order valence-electron chi connectivity index (χ0n) is 12.3. The first-order valence-corrected chi connectivity index (χ1v) is 7.07. The lowest BCUT2D eigenvalue weighted by Gasteiger charge is -2.48. The predicted molar refractivity (Wildman–Crippen MR) is 73.9 cm³/mol. The lowest BCUT2D eigenvalue weighted by atomic mass is 9.79. The maximum absolute atomic E-state index is 12.0. The molecule has 2 saturated heterocycles. The molecular formula is C13H16N4O6. The summed E-state index contributed by atoms with van der Waals surface area (Å²) in [5.74, 6) is -1.69. The highest BCUT2D eigenvalue weighted by molar-refractivity contribution is 6.01. The number of piperidine rings is 1. The summed E-state index contributed by atoms with van der Waals surface area (Å²) in [5, 5.41) is 12.5. The van der Waals surface area contributed by atoms with Crippen LogP contribution in [0.25, 0.3) is 0 Å². The first-order chi connectivity index (χ1) is 10.8. The smallest absolute Gasteiger partial charge is 0.418 e. The molecule has 0 aromatic rings. The molecule has 0 aromatic heterocycles. The Balaban J connectivity index is 1.82. The number of amides is 4. The third kappa shape index (κ3) is 2.13. The van der Waals surface area contributed by atoms with Gasteiger partial charge in [-0.25, -0.2) is 19.3 Å². The van der Waals surface area contributed by atoms with Gasteiger partial charge >= 0.3 is 18.1 Å². The Morgan fingerprint density at radius 1 is 1.48 bits per heavy atom. The van der Waals surface area contributed by atoms with Gasteiger partial charge in [0, 0.05) is 18.5 Å². The lowest BCUT2D eigenvalue weighted by molar-refractivity contribution is -0.154. The van der Waals surface area contributed by atoms with Crippen molar-refractivity contribution in [3.8, 4) is 0 Å². The van der Waals surface area contributed by atoms with Crippen molar-refractivity contribution in [3.63, 3.8) is 0 Å². The van der Waals surface area contributed by atoms with Crippen LogP contribution in [0, 0.1) is 5.92 Å². The van der Waals surface area contributed by atoms with E-state index in [9.17, 15) is 24.3 Å². The first kappa shape index (κ1) is 15.3. The highest BCUT2D eigenvalue weighted by Crippen LogP contribution is 2.46. The Bertz CT molecular complexity index is 644. The van der Waals surface area contributed by atoms with Crippen LogP contribution in [0.1, 0.15) is 6.42 Å². The normalized spacial score (nSPS) is 28.1. The number of primary amides is 1. The van der Waals surface area contributed by atoms with Gasteiger partial charge in [-0.3, -0.25) is 9.69 Å². The molecule has 3 aliphatic rings. The number of nitrogens with two attached hydrogens (primary N) is 1. The summed E-state index contributed by atoms with van der Waals surface area (Å²) >= 11 is 0. The summed E-state index contributed by atoms with van der Waals surface area (Å²) in [6.45, 7) is 0.284. The second kappa shape index (κ2) is 5.23. The second-order valence-corrected chi connectivity index (χ2v) is 5.66.